The largest absolute Gasteiger partial charge is 0.376 e. The molecule has 0 radical (unpaired) electrons. The molecule has 0 saturated heterocycles. The van der Waals surface area contributed by atoms with Crippen molar-refractivity contribution >= 4 is 27.7 Å². The highest BCUT2D eigenvalue weighted by Crippen LogP contribution is 2.18. The first-order valence-electron chi connectivity index (χ1n) is 6.24. The Bertz CT molecular complexity index is 568. The molecule has 0 spiro atoms. The van der Waals surface area contributed by atoms with Crippen LogP contribution in [-0.4, -0.2) is 11.2 Å². The molecule has 0 atom stereocenters. The van der Waals surface area contributed by atoms with Crippen molar-refractivity contribution in [1.29, 1.82) is 0 Å². The molecule has 0 unspecified atom stereocenters. The van der Waals surface area contributed by atoms with Gasteiger partial charge in [-0.15, -0.1) is 11.8 Å². The zero-order valence-corrected chi connectivity index (χ0v) is 14.3. The van der Waals surface area contributed by atoms with Gasteiger partial charge in [-0.05, 0) is 35.8 Å². The molecule has 112 valence electrons. The average molecular weight is 369 g/mol. The van der Waals surface area contributed by atoms with Crippen molar-refractivity contribution in [3.63, 3.8) is 0 Å². The summed E-state index contributed by atoms with van der Waals surface area (Å²) in [5.74, 6) is 0. The fourth-order valence-electron chi connectivity index (χ4n) is 1.49. The topological polar surface area (TPSA) is 55.2 Å². The molecular weight excluding hydrogens is 352 g/mol. The van der Waals surface area contributed by atoms with E-state index in [2.05, 4.69) is 21.2 Å². The second-order valence-electron chi connectivity index (χ2n) is 4.20. The highest BCUT2D eigenvalue weighted by atomic mass is 79.9. The van der Waals surface area contributed by atoms with Crippen LogP contribution in [0.4, 0.5) is 0 Å². The lowest BCUT2D eigenvalue weighted by molar-refractivity contribution is -0.403. The zero-order valence-electron chi connectivity index (χ0n) is 11.9. The fraction of sp³-hybridized carbons (Fsp3) is 0.200. The molecule has 6 heteroatoms. The standard InChI is InChI=1S/C15H17BrN2O2S/c1-12(21-2)8-14(16)9-15(11-18(19)20)17-10-13-6-4-3-5-7-13/h3-9,11,17H,10H2,1-2H3/b12-8+,14-9+,15-11-. The number of nitro groups is 1. The summed E-state index contributed by atoms with van der Waals surface area (Å²) >= 11 is 5.02. The van der Waals surface area contributed by atoms with Crippen LogP contribution in [-0.2, 0) is 6.54 Å². The summed E-state index contributed by atoms with van der Waals surface area (Å²) in [6, 6.07) is 9.73. The molecule has 0 fully saturated rings. The number of hydrogen-bond acceptors (Lipinski definition) is 4. The molecule has 0 bridgehead atoms. The Morgan fingerprint density at radius 2 is 2.05 bits per heavy atom. The van der Waals surface area contributed by atoms with E-state index in [4.69, 9.17) is 0 Å². The average Bonchev–Trinajstić information content (AvgIpc) is 2.45. The van der Waals surface area contributed by atoms with E-state index in [1.165, 1.54) is 0 Å². The molecule has 0 amide bonds. The lowest BCUT2D eigenvalue weighted by Gasteiger charge is -2.06. The van der Waals surface area contributed by atoms with Crippen molar-refractivity contribution in [3.05, 3.63) is 79.4 Å². The highest BCUT2D eigenvalue weighted by molar-refractivity contribution is 9.11. The molecule has 0 aliphatic carbocycles. The number of hydrogen-bond donors (Lipinski definition) is 1. The highest BCUT2D eigenvalue weighted by Gasteiger charge is 2.01. The summed E-state index contributed by atoms with van der Waals surface area (Å²) in [5.41, 5.74) is 1.51. The van der Waals surface area contributed by atoms with E-state index in [0.717, 1.165) is 21.2 Å². The molecule has 1 aromatic carbocycles. The number of nitrogens with zero attached hydrogens (tertiary/aromatic N) is 1. The van der Waals surface area contributed by atoms with Crippen LogP contribution in [0, 0.1) is 10.1 Å². The number of allylic oxidation sites excluding steroid dienone is 4. The van der Waals surface area contributed by atoms with E-state index in [9.17, 15) is 10.1 Å². The van der Waals surface area contributed by atoms with Crippen molar-refractivity contribution in [2.45, 2.75) is 13.5 Å². The summed E-state index contributed by atoms with van der Waals surface area (Å²) in [7, 11) is 0. The molecule has 0 saturated carbocycles. The zero-order chi connectivity index (χ0) is 15.7. The van der Waals surface area contributed by atoms with Gasteiger partial charge in [0.25, 0.3) is 6.20 Å². The van der Waals surface area contributed by atoms with E-state index in [1.807, 2.05) is 49.6 Å². The number of nitrogens with one attached hydrogen (secondary N) is 1. The summed E-state index contributed by atoms with van der Waals surface area (Å²) < 4.78 is 0.781. The quantitative estimate of drug-likeness (QED) is 0.439. The lowest BCUT2D eigenvalue weighted by Crippen LogP contribution is -2.12. The Hall–Kier alpha value is -1.53. The van der Waals surface area contributed by atoms with Gasteiger partial charge in [0.1, 0.15) is 5.70 Å². The van der Waals surface area contributed by atoms with Gasteiger partial charge in [-0.1, -0.05) is 46.3 Å². The second kappa shape index (κ2) is 9.41. The minimum Gasteiger partial charge on any atom is -0.376 e. The Kier molecular flexibility index (Phi) is 7.85. The smallest absolute Gasteiger partial charge is 0.257 e. The summed E-state index contributed by atoms with van der Waals surface area (Å²) in [4.78, 5) is 11.4. The van der Waals surface area contributed by atoms with Gasteiger partial charge >= 0.3 is 0 Å². The molecule has 21 heavy (non-hydrogen) atoms. The molecule has 1 N–H and O–H groups in total. The number of benzene rings is 1. The third-order valence-electron chi connectivity index (χ3n) is 2.54. The van der Waals surface area contributed by atoms with Crippen molar-refractivity contribution in [2.75, 3.05) is 6.26 Å². The number of thioether (sulfide) groups is 1. The first-order chi connectivity index (χ1) is 10.0. The maximum Gasteiger partial charge on any atom is 0.257 e. The van der Waals surface area contributed by atoms with E-state index >= 15 is 0 Å². The Balaban J connectivity index is 2.82. The molecule has 0 aliphatic rings. The Morgan fingerprint density at radius 3 is 2.62 bits per heavy atom. The summed E-state index contributed by atoms with van der Waals surface area (Å²) in [6.07, 6.45) is 6.56. The third-order valence-corrected chi connectivity index (χ3v) is 3.76. The molecule has 1 aromatic rings. The van der Waals surface area contributed by atoms with E-state index < -0.39 is 4.92 Å². The van der Waals surface area contributed by atoms with Gasteiger partial charge < -0.3 is 5.32 Å². The number of rotatable bonds is 7. The molecule has 1 rings (SSSR count). The van der Waals surface area contributed by atoms with Crippen LogP contribution >= 0.6 is 27.7 Å². The normalized spacial score (nSPS) is 13.2. The SMILES string of the molecule is CS/C(C)=C/C(Br)=C\C(=C\[N+](=O)[O-])NCc1ccccc1. The van der Waals surface area contributed by atoms with Crippen molar-refractivity contribution in [2.24, 2.45) is 0 Å². The van der Waals surface area contributed by atoms with Gasteiger partial charge in [-0.2, -0.15) is 0 Å². The van der Waals surface area contributed by atoms with E-state index in [0.29, 0.717) is 12.2 Å². The number of halogens is 1. The molecule has 0 heterocycles. The van der Waals surface area contributed by atoms with Gasteiger partial charge in [0.15, 0.2) is 0 Å². The van der Waals surface area contributed by atoms with E-state index in [1.54, 1.807) is 17.8 Å². The van der Waals surface area contributed by atoms with Crippen LogP contribution in [0.1, 0.15) is 12.5 Å². The van der Waals surface area contributed by atoms with Gasteiger partial charge in [0, 0.05) is 11.0 Å². The van der Waals surface area contributed by atoms with Crippen molar-refractivity contribution in [3.8, 4) is 0 Å². The fourth-order valence-corrected chi connectivity index (χ4v) is 2.48. The summed E-state index contributed by atoms with van der Waals surface area (Å²) in [5, 5.41) is 13.8. The minimum atomic E-state index is -0.463. The van der Waals surface area contributed by atoms with Crippen LogP contribution in [0.2, 0.25) is 0 Å². The Morgan fingerprint density at radius 1 is 1.38 bits per heavy atom. The first kappa shape index (κ1) is 17.5. The maximum absolute atomic E-state index is 10.7. The van der Waals surface area contributed by atoms with Gasteiger partial charge in [-0.3, -0.25) is 10.1 Å². The second-order valence-corrected chi connectivity index (χ2v) is 6.17. The molecular formula is C15H17BrN2O2S. The van der Waals surface area contributed by atoms with E-state index in [-0.39, 0.29) is 0 Å². The van der Waals surface area contributed by atoms with Crippen LogP contribution in [0.25, 0.3) is 0 Å². The summed E-state index contributed by atoms with van der Waals surface area (Å²) in [6.45, 7) is 2.51. The first-order valence-corrected chi connectivity index (χ1v) is 8.25. The predicted octanol–water partition coefficient (Wildman–Crippen LogP) is 4.44. The van der Waals surface area contributed by atoms with Crippen molar-refractivity contribution in [1.82, 2.24) is 5.32 Å². The third kappa shape index (κ3) is 7.72. The van der Waals surface area contributed by atoms with Gasteiger partial charge in [-0.25, -0.2) is 0 Å². The molecule has 0 aliphatic heterocycles. The van der Waals surface area contributed by atoms with Crippen LogP contribution in [0.15, 0.2) is 63.8 Å². The minimum absolute atomic E-state index is 0.445. The molecule has 0 aromatic heterocycles. The van der Waals surface area contributed by atoms with Gasteiger partial charge in [0.05, 0.1) is 4.92 Å². The maximum atomic E-state index is 10.7. The molecule has 4 nitrogen and oxygen atoms in total. The van der Waals surface area contributed by atoms with Crippen LogP contribution in [0.3, 0.4) is 0 Å². The monoisotopic (exact) mass is 368 g/mol. The van der Waals surface area contributed by atoms with Crippen molar-refractivity contribution < 1.29 is 4.92 Å². The predicted molar refractivity (Wildman–Crippen MR) is 92.6 cm³/mol. The van der Waals surface area contributed by atoms with Gasteiger partial charge in [0.2, 0.25) is 0 Å². The Labute approximate surface area is 137 Å². The van der Waals surface area contributed by atoms with Crippen LogP contribution in [0.5, 0.6) is 0 Å². The van der Waals surface area contributed by atoms with Crippen LogP contribution < -0.4 is 5.32 Å². The lowest BCUT2D eigenvalue weighted by atomic mass is 10.2.